The number of nitrogens with two attached hydrogens (primary N) is 1. The van der Waals surface area contributed by atoms with Gasteiger partial charge in [-0.3, -0.25) is 0 Å². The molecule has 1 aromatic rings. The Morgan fingerprint density at radius 3 is 2.92 bits per heavy atom. The molecule has 0 saturated carbocycles. The third kappa shape index (κ3) is 2.34. The molecular weight excluding hydrogens is 152 g/mol. The number of oxazole rings is 1. The first-order valence-electron chi connectivity index (χ1n) is 4.37. The SMILES string of the molecule is CCC(C)C(N)Cc1cnco1. The van der Waals surface area contributed by atoms with Gasteiger partial charge in [0.05, 0.1) is 6.20 Å². The first-order valence-corrected chi connectivity index (χ1v) is 4.37. The molecule has 0 amide bonds. The lowest BCUT2D eigenvalue weighted by Crippen LogP contribution is -2.29. The van der Waals surface area contributed by atoms with Crippen molar-refractivity contribution in [2.24, 2.45) is 11.7 Å². The normalized spacial score (nSPS) is 15.9. The summed E-state index contributed by atoms with van der Waals surface area (Å²) in [5, 5.41) is 0. The monoisotopic (exact) mass is 168 g/mol. The van der Waals surface area contributed by atoms with Crippen LogP contribution in [-0.2, 0) is 6.42 Å². The zero-order chi connectivity index (χ0) is 8.97. The molecule has 1 rings (SSSR count). The summed E-state index contributed by atoms with van der Waals surface area (Å²) >= 11 is 0. The van der Waals surface area contributed by atoms with Gasteiger partial charge in [0.15, 0.2) is 6.39 Å². The molecule has 1 aromatic heterocycles. The number of hydrogen-bond acceptors (Lipinski definition) is 3. The highest BCUT2D eigenvalue weighted by atomic mass is 16.3. The largest absolute Gasteiger partial charge is 0.448 e. The molecule has 68 valence electrons. The zero-order valence-corrected chi connectivity index (χ0v) is 7.66. The Hall–Kier alpha value is -0.830. The van der Waals surface area contributed by atoms with Crippen LogP contribution in [0.3, 0.4) is 0 Å². The molecule has 0 aliphatic heterocycles. The van der Waals surface area contributed by atoms with Crippen molar-refractivity contribution in [2.45, 2.75) is 32.7 Å². The predicted octanol–water partition coefficient (Wildman–Crippen LogP) is 1.59. The summed E-state index contributed by atoms with van der Waals surface area (Å²) in [6, 6.07) is 0.183. The van der Waals surface area contributed by atoms with Gasteiger partial charge in [0.1, 0.15) is 5.76 Å². The lowest BCUT2D eigenvalue weighted by Gasteiger charge is -2.16. The molecule has 0 aliphatic carbocycles. The van der Waals surface area contributed by atoms with Gasteiger partial charge in [-0.15, -0.1) is 0 Å². The number of rotatable bonds is 4. The molecule has 0 radical (unpaired) electrons. The second kappa shape index (κ2) is 4.26. The second-order valence-corrected chi connectivity index (χ2v) is 3.22. The fourth-order valence-corrected chi connectivity index (χ4v) is 1.08. The minimum absolute atomic E-state index is 0.183. The van der Waals surface area contributed by atoms with Crippen LogP contribution < -0.4 is 5.73 Å². The van der Waals surface area contributed by atoms with Crippen molar-refractivity contribution < 1.29 is 4.42 Å². The van der Waals surface area contributed by atoms with Crippen LogP contribution in [0.5, 0.6) is 0 Å². The average molecular weight is 168 g/mol. The van der Waals surface area contributed by atoms with Gasteiger partial charge >= 0.3 is 0 Å². The maximum atomic E-state index is 5.93. The van der Waals surface area contributed by atoms with E-state index in [1.54, 1.807) is 6.20 Å². The minimum Gasteiger partial charge on any atom is -0.448 e. The van der Waals surface area contributed by atoms with Crippen molar-refractivity contribution in [3.63, 3.8) is 0 Å². The summed E-state index contributed by atoms with van der Waals surface area (Å²) in [5.74, 6) is 1.41. The predicted molar refractivity (Wildman–Crippen MR) is 47.6 cm³/mol. The fraction of sp³-hybridized carbons (Fsp3) is 0.667. The Kier molecular flexibility index (Phi) is 3.29. The Labute approximate surface area is 73.0 Å². The van der Waals surface area contributed by atoms with Gasteiger partial charge in [-0.2, -0.15) is 0 Å². The molecule has 0 spiro atoms. The van der Waals surface area contributed by atoms with E-state index in [2.05, 4.69) is 18.8 Å². The van der Waals surface area contributed by atoms with Crippen LogP contribution in [0.25, 0.3) is 0 Å². The molecule has 3 heteroatoms. The van der Waals surface area contributed by atoms with Gasteiger partial charge in [0.2, 0.25) is 0 Å². The first kappa shape index (κ1) is 9.26. The summed E-state index contributed by atoms with van der Waals surface area (Å²) < 4.78 is 5.11. The van der Waals surface area contributed by atoms with Crippen molar-refractivity contribution in [3.05, 3.63) is 18.4 Å². The Morgan fingerprint density at radius 1 is 1.67 bits per heavy atom. The second-order valence-electron chi connectivity index (χ2n) is 3.22. The van der Waals surface area contributed by atoms with Crippen molar-refractivity contribution in [1.82, 2.24) is 4.98 Å². The van der Waals surface area contributed by atoms with Crippen molar-refractivity contribution in [2.75, 3.05) is 0 Å². The van der Waals surface area contributed by atoms with E-state index in [1.807, 2.05) is 0 Å². The Balaban J connectivity index is 2.41. The quantitative estimate of drug-likeness (QED) is 0.742. The van der Waals surface area contributed by atoms with Crippen LogP contribution in [-0.4, -0.2) is 11.0 Å². The van der Waals surface area contributed by atoms with E-state index < -0.39 is 0 Å². The van der Waals surface area contributed by atoms with Crippen LogP contribution in [0.1, 0.15) is 26.0 Å². The van der Waals surface area contributed by atoms with Crippen LogP contribution in [0.2, 0.25) is 0 Å². The van der Waals surface area contributed by atoms with Crippen molar-refractivity contribution >= 4 is 0 Å². The van der Waals surface area contributed by atoms with Crippen LogP contribution in [0.4, 0.5) is 0 Å². The molecule has 0 saturated heterocycles. The molecule has 2 atom stereocenters. The third-order valence-electron chi connectivity index (χ3n) is 2.30. The first-order chi connectivity index (χ1) is 5.74. The smallest absolute Gasteiger partial charge is 0.180 e. The minimum atomic E-state index is 0.183. The number of aromatic nitrogens is 1. The van der Waals surface area contributed by atoms with E-state index in [0.29, 0.717) is 5.92 Å². The van der Waals surface area contributed by atoms with Gasteiger partial charge in [0, 0.05) is 12.5 Å². The summed E-state index contributed by atoms with van der Waals surface area (Å²) in [6.07, 6.45) is 5.06. The summed E-state index contributed by atoms with van der Waals surface area (Å²) in [6.45, 7) is 4.30. The van der Waals surface area contributed by atoms with Crippen molar-refractivity contribution in [1.29, 1.82) is 0 Å². The molecule has 2 N–H and O–H groups in total. The Bertz CT molecular complexity index is 208. The number of hydrogen-bond donors (Lipinski definition) is 1. The summed E-state index contributed by atoms with van der Waals surface area (Å²) in [5.41, 5.74) is 5.93. The number of nitrogens with zero attached hydrogens (tertiary/aromatic N) is 1. The van der Waals surface area contributed by atoms with Crippen LogP contribution in [0, 0.1) is 5.92 Å². The van der Waals surface area contributed by atoms with Gasteiger partial charge in [-0.05, 0) is 5.92 Å². The van der Waals surface area contributed by atoms with E-state index in [1.165, 1.54) is 6.39 Å². The molecule has 0 aromatic carbocycles. The topological polar surface area (TPSA) is 52.0 Å². The van der Waals surface area contributed by atoms with Gasteiger partial charge in [-0.25, -0.2) is 4.98 Å². The van der Waals surface area contributed by atoms with E-state index in [0.717, 1.165) is 18.6 Å². The summed E-state index contributed by atoms with van der Waals surface area (Å²) in [7, 11) is 0. The highest BCUT2D eigenvalue weighted by Gasteiger charge is 2.12. The van der Waals surface area contributed by atoms with Gasteiger partial charge in [0.25, 0.3) is 0 Å². The molecule has 0 bridgehead atoms. The molecule has 12 heavy (non-hydrogen) atoms. The third-order valence-corrected chi connectivity index (χ3v) is 2.30. The van der Waals surface area contributed by atoms with Gasteiger partial charge < -0.3 is 10.2 Å². The lowest BCUT2D eigenvalue weighted by atomic mass is 9.97. The fourth-order valence-electron chi connectivity index (χ4n) is 1.08. The highest BCUT2D eigenvalue weighted by Crippen LogP contribution is 2.10. The average Bonchev–Trinajstić information content (AvgIpc) is 2.55. The summed E-state index contributed by atoms with van der Waals surface area (Å²) in [4.78, 5) is 3.84. The molecule has 0 aliphatic rings. The maximum Gasteiger partial charge on any atom is 0.180 e. The molecule has 2 unspecified atom stereocenters. The van der Waals surface area contributed by atoms with Crippen LogP contribution in [0.15, 0.2) is 17.0 Å². The lowest BCUT2D eigenvalue weighted by molar-refractivity contribution is 0.402. The Morgan fingerprint density at radius 2 is 2.42 bits per heavy atom. The standard InChI is InChI=1S/C9H16N2O/c1-3-7(2)9(10)4-8-5-11-6-12-8/h5-7,9H,3-4,10H2,1-2H3. The van der Waals surface area contributed by atoms with Crippen molar-refractivity contribution in [3.8, 4) is 0 Å². The maximum absolute atomic E-state index is 5.93. The molecule has 3 nitrogen and oxygen atoms in total. The van der Waals surface area contributed by atoms with E-state index in [-0.39, 0.29) is 6.04 Å². The highest BCUT2D eigenvalue weighted by molar-refractivity contribution is 4.92. The van der Waals surface area contributed by atoms with E-state index in [4.69, 9.17) is 10.2 Å². The molecular formula is C9H16N2O. The molecule has 1 heterocycles. The van der Waals surface area contributed by atoms with Gasteiger partial charge in [-0.1, -0.05) is 20.3 Å². The molecule has 0 fully saturated rings. The van der Waals surface area contributed by atoms with Crippen LogP contribution >= 0.6 is 0 Å². The zero-order valence-electron chi connectivity index (χ0n) is 7.66. The van der Waals surface area contributed by atoms with E-state index >= 15 is 0 Å². The van der Waals surface area contributed by atoms with E-state index in [9.17, 15) is 0 Å².